The van der Waals surface area contributed by atoms with Crippen molar-refractivity contribution in [3.8, 4) is 11.8 Å². The van der Waals surface area contributed by atoms with E-state index in [1.54, 1.807) is 6.92 Å². The molecule has 2 nitrogen and oxygen atoms in total. The van der Waals surface area contributed by atoms with Gasteiger partial charge in [0.1, 0.15) is 0 Å². The molecule has 1 aliphatic rings. The van der Waals surface area contributed by atoms with Crippen molar-refractivity contribution in [3.05, 3.63) is 12.2 Å². The van der Waals surface area contributed by atoms with Crippen LogP contribution in [0.15, 0.2) is 12.2 Å². The van der Waals surface area contributed by atoms with Crippen molar-refractivity contribution < 1.29 is 4.79 Å². The van der Waals surface area contributed by atoms with Gasteiger partial charge in [0.05, 0.1) is 12.5 Å². The van der Waals surface area contributed by atoms with Crippen molar-refractivity contribution in [1.29, 1.82) is 0 Å². The maximum absolute atomic E-state index is 11.4. The summed E-state index contributed by atoms with van der Waals surface area (Å²) in [5.74, 6) is 5.74. The molecule has 1 amide bonds. The molecule has 0 spiro atoms. The van der Waals surface area contributed by atoms with E-state index in [2.05, 4.69) is 23.2 Å². The van der Waals surface area contributed by atoms with Gasteiger partial charge in [0, 0.05) is 0 Å². The molecular weight excluding hydrogens is 162 g/mol. The zero-order chi connectivity index (χ0) is 9.52. The molecule has 2 heteroatoms. The normalized spacial score (nSPS) is 20.2. The molecule has 1 N–H and O–H groups in total. The zero-order valence-corrected chi connectivity index (χ0v) is 7.97. The molecule has 0 radical (unpaired) electrons. The van der Waals surface area contributed by atoms with E-state index in [4.69, 9.17) is 0 Å². The monoisotopic (exact) mass is 177 g/mol. The topological polar surface area (TPSA) is 29.1 Å². The van der Waals surface area contributed by atoms with Crippen molar-refractivity contribution in [2.45, 2.75) is 26.2 Å². The van der Waals surface area contributed by atoms with E-state index in [0.717, 1.165) is 19.3 Å². The highest BCUT2D eigenvalue weighted by atomic mass is 16.1. The van der Waals surface area contributed by atoms with Crippen LogP contribution in [-0.4, -0.2) is 12.5 Å². The number of rotatable bonds is 2. The summed E-state index contributed by atoms with van der Waals surface area (Å²) in [5.41, 5.74) is 0. The van der Waals surface area contributed by atoms with Crippen molar-refractivity contribution >= 4 is 5.91 Å². The van der Waals surface area contributed by atoms with Gasteiger partial charge in [-0.1, -0.05) is 18.1 Å². The minimum Gasteiger partial charge on any atom is -0.345 e. The SMILES string of the molecule is CC#CCNC(=O)C1C=CCCC1. The molecule has 0 saturated carbocycles. The molecule has 0 aromatic heterocycles. The van der Waals surface area contributed by atoms with E-state index in [1.165, 1.54) is 0 Å². The van der Waals surface area contributed by atoms with Crippen LogP contribution >= 0.6 is 0 Å². The molecule has 0 fully saturated rings. The van der Waals surface area contributed by atoms with Gasteiger partial charge in [-0.05, 0) is 26.2 Å². The van der Waals surface area contributed by atoms with E-state index < -0.39 is 0 Å². The van der Waals surface area contributed by atoms with Crippen LogP contribution in [-0.2, 0) is 4.79 Å². The highest BCUT2D eigenvalue weighted by Gasteiger charge is 2.15. The number of hydrogen-bond donors (Lipinski definition) is 1. The standard InChI is InChI=1S/C11H15NO/c1-2-3-9-12-11(13)10-7-5-4-6-8-10/h5,7,10H,4,6,8-9H2,1H3,(H,12,13). The van der Waals surface area contributed by atoms with Gasteiger partial charge >= 0.3 is 0 Å². The van der Waals surface area contributed by atoms with Gasteiger partial charge in [0.25, 0.3) is 0 Å². The zero-order valence-electron chi connectivity index (χ0n) is 7.97. The molecule has 1 atom stereocenters. The Morgan fingerprint density at radius 3 is 3.15 bits per heavy atom. The summed E-state index contributed by atoms with van der Waals surface area (Å²) < 4.78 is 0. The van der Waals surface area contributed by atoms with Crippen LogP contribution in [0.4, 0.5) is 0 Å². The quantitative estimate of drug-likeness (QED) is 0.502. The van der Waals surface area contributed by atoms with Crippen molar-refractivity contribution in [1.82, 2.24) is 5.32 Å². The maximum Gasteiger partial charge on any atom is 0.227 e. The predicted molar refractivity (Wildman–Crippen MR) is 52.9 cm³/mol. The summed E-state index contributed by atoms with van der Waals surface area (Å²) in [6, 6.07) is 0. The summed E-state index contributed by atoms with van der Waals surface area (Å²) in [6.45, 7) is 2.24. The average Bonchev–Trinajstić information content (AvgIpc) is 2.19. The molecule has 0 saturated heterocycles. The molecule has 0 heterocycles. The third-order valence-electron chi connectivity index (χ3n) is 2.12. The van der Waals surface area contributed by atoms with Gasteiger partial charge < -0.3 is 5.32 Å². The summed E-state index contributed by atoms with van der Waals surface area (Å²) in [5, 5.41) is 2.79. The summed E-state index contributed by atoms with van der Waals surface area (Å²) in [6.07, 6.45) is 7.28. The Hall–Kier alpha value is -1.23. The molecule has 0 bridgehead atoms. The second-order valence-corrected chi connectivity index (χ2v) is 3.11. The highest BCUT2D eigenvalue weighted by molar-refractivity contribution is 5.80. The highest BCUT2D eigenvalue weighted by Crippen LogP contribution is 2.16. The average molecular weight is 177 g/mol. The van der Waals surface area contributed by atoms with Crippen molar-refractivity contribution in [2.75, 3.05) is 6.54 Å². The number of amides is 1. The predicted octanol–water partition coefficient (Wildman–Crippen LogP) is 1.48. The third-order valence-corrected chi connectivity index (χ3v) is 2.12. The van der Waals surface area contributed by atoms with Gasteiger partial charge in [0.2, 0.25) is 5.91 Å². The van der Waals surface area contributed by atoms with Crippen LogP contribution in [0.5, 0.6) is 0 Å². The van der Waals surface area contributed by atoms with E-state index >= 15 is 0 Å². The minimum absolute atomic E-state index is 0.0763. The van der Waals surface area contributed by atoms with Gasteiger partial charge in [-0.15, -0.1) is 5.92 Å². The van der Waals surface area contributed by atoms with E-state index in [9.17, 15) is 4.79 Å². The van der Waals surface area contributed by atoms with E-state index in [1.807, 2.05) is 6.08 Å². The first-order valence-electron chi connectivity index (χ1n) is 4.68. The Morgan fingerprint density at radius 2 is 2.54 bits per heavy atom. The molecule has 70 valence electrons. The fraction of sp³-hybridized carbons (Fsp3) is 0.545. The van der Waals surface area contributed by atoms with Crippen LogP contribution in [0.3, 0.4) is 0 Å². The smallest absolute Gasteiger partial charge is 0.227 e. The summed E-state index contributed by atoms with van der Waals surface area (Å²) >= 11 is 0. The summed E-state index contributed by atoms with van der Waals surface area (Å²) in [4.78, 5) is 11.4. The molecule has 0 aromatic carbocycles. The fourth-order valence-electron chi connectivity index (χ4n) is 1.38. The van der Waals surface area contributed by atoms with Gasteiger partial charge in [-0.3, -0.25) is 4.79 Å². The molecule has 0 aromatic rings. The lowest BCUT2D eigenvalue weighted by atomic mass is 9.95. The Labute approximate surface area is 79.4 Å². The number of nitrogens with one attached hydrogen (secondary N) is 1. The van der Waals surface area contributed by atoms with Crippen molar-refractivity contribution in [3.63, 3.8) is 0 Å². The second kappa shape index (κ2) is 5.42. The van der Waals surface area contributed by atoms with Crippen LogP contribution < -0.4 is 5.32 Å². The Kier molecular flexibility index (Phi) is 4.11. The first-order valence-corrected chi connectivity index (χ1v) is 4.68. The Morgan fingerprint density at radius 1 is 1.69 bits per heavy atom. The molecule has 1 rings (SSSR count). The lowest BCUT2D eigenvalue weighted by Crippen LogP contribution is -2.30. The first kappa shape index (κ1) is 9.85. The fourth-order valence-corrected chi connectivity index (χ4v) is 1.38. The molecule has 1 unspecified atom stereocenters. The third kappa shape index (κ3) is 3.33. The number of hydrogen-bond acceptors (Lipinski definition) is 1. The number of carbonyl (C=O) groups excluding carboxylic acids is 1. The van der Waals surface area contributed by atoms with Gasteiger partial charge in [-0.25, -0.2) is 0 Å². The largest absolute Gasteiger partial charge is 0.345 e. The van der Waals surface area contributed by atoms with Crippen LogP contribution in [0.2, 0.25) is 0 Å². The number of carbonyl (C=O) groups is 1. The Bertz CT molecular complexity index is 257. The van der Waals surface area contributed by atoms with E-state index in [0.29, 0.717) is 6.54 Å². The lowest BCUT2D eigenvalue weighted by Gasteiger charge is -2.14. The van der Waals surface area contributed by atoms with Crippen LogP contribution in [0, 0.1) is 17.8 Å². The maximum atomic E-state index is 11.4. The van der Waals surface area contributed by atoms with Gasteiger partial charge in [-0.2, -0.15) is 0 Å². The summed E-state index contributed by atoms with van der Waals surface area (Å²) in [7, 11) is 0. The molecular formula is C11H15NO. The van der Waals surface area contributed by atoms with Crippen molar-refractivity contribution in [2.24, 2.45) is 5.92 Å². The molecule has 13 heavy (non-hydrogen) atoms. The second-order valence-electron chi connectivity index (χ2n) is 3.11. The minimum atomic E-state index is 0.0763. The molecule has 1 aliphatic carbocycles. The number of allylic oxidation sites excluding steroid dienone is 1. The first-order chi connectivity index (χ1) is 6.34. The van der Waals surface area contributed by atoms with Crippen LogP contribution in [0.1, 0.15) is 26.2 Å². The van der Waals surface area contributed by atoms with E-state index in [-0.39, 0.29) is 11.8 Å². The van der Waals surface area contributed by atoms with Gasteiger partial charge in [0.15, 0.2) is 0 Å². The lowest BCUT2D eigenvalue weighted by molar-refractivity contribution is -0.123. The Balaban J connectivity index is 2.32. The molecule has 0 aliphatic heterocycles. The van der Waals surface area contributed by atoms with Crippen LogP contribution in [0.25, 0.3) is 0 Å².